The van der Waals surface area contributed by atoms with E-state index in [-0.39, 0.29) is 5.91 Å². The van der Waals surface area contributed by atoms with E-state index < -0.39 is 0 Å². The second-order valence-corrected chi connectivity index (χ2v) is 6.59. The van der Waals surface area contributed by atoms with Gasteiger partial charge in [-0.3, -0.25) is 4.79 Å². The number of anilines is 1. The van der Waals surface area contributed by atoms with Crippen LogP contribution in [0.15, 0.2) is 42.5 Å². The SMILES string of the molecule is CCOc1ccc(C(=O)N2CCN(c3ccccc3C)CC2)cc1OCC. The standard InChI is InChI=1S/C22H28N2O3/c1-4-26-20-11-10-18(16-21(20)27-5-2)22(25)24-14-12-23(13-15-24)19-9-7-6-8-17(19)3/h6-11,16H,4-5,12-15H2,1-3H3. The van der Waals surface area contributed by atoms with Crippen molar-refractivity contribution in [1.82, 2.24) is 4.90 Å². The molecule has 2 aromatic carbocycles. The predicted molar refractivity (Wildman–Crippen MR) is 108 cm³/mol. The number of benzene rings is 2. The predicted octanol–water partition coefficient (Wildman–Crippen LogP) is 3.75. The number of nitrogens with zero attached hydrogens (tertiary/aromatic N) is 2. The van der Waals surface area contributed by atoms with Gasteiger partial charge in [-0.1, -0.05) is 18.2 Å². The van der Waals surface area contributed by atoms with Crippen molar-refractivity contribution >= 4 is 11.6 Å². The second kappa shape index (κ2) is 8.80. The zero-order valence-electron chi connectivity index (χ0n) is 16.4. The summed E-state index contributed by atoms with van der Waals surface area (Å²) in [7, 11) is 0. The number of carbonyl (C=O) groups is 1. The Bertz CT molecular complexity index is 783. The first-order chi connectivity index (χ1) is 13.1. The molecule has 144 valence electrons. The van der Waals surface area contributed by atoms with Gasteiger partial charge >= 0.3 is 0 Å². The molecule has 2 aromatic rings. The lowest BCUT2D eigenvalue weighted by molar-refractivity contribution is 0.0746. The fourth-order valence-electron chi connectivity index (χ4n) is 3.44. The zero-order chi connectivity index (χ0) is 19.2. The number of aryl methyl sites for hydroxylation is 1. The quantitative estimate of drug-likeness (QED) is 0.779. The normalized spacial score (nSPS) is 14.2. The Hall–Kier alpha value is -2.69. The minimum absolute atomic E-state index is 0.0448. The van der Waals surface area contributed by atoms with Crippen molar-refractivity contribution in [2.45, 2.75) is 20.8 Å². The monoisotopic (exact) mass is 368 g/mol. The van der Waals surface area contributed by atoms with Crippen molar-refractivity contribution in [2.24, 2.45) is 0 Å². The smallest absolute Gasteiger partial charge is 0.254 e. The molecule has 0 aliphatic carbocycles. The Kier molecular flexibility index (Phi) is 6.22. The third kappa shape index (κ3) is 4.35. The Labute approximate surface area is 161 Å². The van der Waals surface area contributed by atoms with Crippen LogP contribution in [-0.2, 0) is 0 Å². The Morgan fingerprint density at radius 3 is 2.26 bits per heavy atom. The largest absolute Gasteiger partial charge is 0.490 e. The number of ether oxygens (including phenoxy) is 2. The highest BCUT2D eigenvalue weighted by Crippen LogP contribution is 2.29. The molecule has 1 saturated heterocycles. The maximum Gasteiger partial charge on any atom is 0.254 e. The first kappa shape index (κ1) is 19.1. The molecule has 0 spiro atoms. The summed E-state index contributed by atoms with van der Waals surface area (Å²) >= 11 is 0. The molecule has 27 heavy (non-hydrogen) atoms. The highest BCUT2D eigenvalue weighted by molar-refractivity contribution is 5.95. The molecule has 5 heteroatoms. The van der Waals surface area contributed by atoms with Gasteiger partial charge < -0.3 is 19.3 Å². The van der Waals surface area contributed by atoms with Crippen LogP contribution in [0.3, 0.4) is 0 Å². The van der Waals surface area contributed by atoms with Crippen molar-refractivity contribution in [3.63, 3.8) is 0 Å². The van der Waals surface area contributed by atoms with E-state index >= 15 is 0 Å². The van der Waals surface area contributed by atoms with E-state index in [4.69, 9.17) is 9.47 Å². The summed E-state index contributed by atoms with van der Waals surface area (Å²) in [5.74, 6) is 1.35. The van der Waals surface area contributed by atoms with Crippen molar-refractivity contribution < 1.29 is 14.3 Å². The number of hydrogen-bond acceptors (Lipinski definition) is 4. The molecule has 1 aliphatic heterocycles. The Morgan fingerprint density at radius 2 is 1.59 bits per heavy atom. The third-order valence-corrected chi connectivity index (χ3v) is 4.81. The molecule has 1 amide bonds. The fourth-order valence-corrected chi connectivity index (χ4v) is 3.44. The summed E-state index contributed by atoms with van der Waals surface area (Å²) in [6.45, 7) is 10.2. The lowest BCUT2D eigenvalue weighted by Gasteiger charge is -2.37. The zero-order valence-corrected chi connectivity index (χ0v) is 16.4. The average molecular weight is 368 g/mol. The molecule has 0 bridgehead atoms. The maximum absolute atomic E-state index is 12.9. The topological polar surface area (TPSA) is 42.0 Å². The first-order valence-corrected chi connectivity index (χ1v) is 9.63. The molecular formula is C22H28N2O3. The van der Waals surface area contributed by atoms with E-state index in [1.54, 1.807) is 6.07 Å². The van der Waals surface area contributed by atoms with Gasteiger partial charge in [-0.25, -0.2) is 0 Å². The Balaban J connectivity index is 1.68. The number of para-hydroxylation sites is 1. The summed E-state index contributed by atoms with van der Waals surface area (Å²) in [4.78, 5) is 17.2. The maximum atomic E-state index is 12.9. The van der Waals surface area contributed by atoms with Crippen LogP contribution in [0.5, 0.6) is 11.5 Å². The van der Waals surface area contributed by atoms with E-state index in [2.05, 4.69) is 36.1 Å². The minimum Gasteiger partial charge on any atom is -0.490 e. The number of hydrogen-bond donors (Lipinski definition) is 0. The van der Waals surface area contributed by atoms with Gasteiger partial charge in [0.25, 0.3) is 5.91 Å². The van der Waals surface area contributed by atoms with Gasteiger partial charge in [0, 0.05) is 37.4 Å². The van der Waals surface area contributed by atoms with Crippen LogP contribution in [0.1, 0.15) is 29.8 Å². The lowest BCUT2D eigenvalue weighted by atomic mass is 10.1. The molecule has 1 aliphatic rings. The van der Waals surface area contributed by atoms with E-state index in [1.807, 2.05) is 30.9 Å². The molecule has 1 heterocycles. The van der Waals surface area contributed by atoms with Crippen molar-refractivity contribution in [3.8, 4) is 11.5 Å². The molecule has 1 fully saturated rings. The van der Waals surface area contributed by atoms with Crippen molar-refractivity contribution in [3.05, 3.63) is 53.6 Å². The molecule has 5 nitrogen and oxygen atoms in total. The third-order valence-electron chi connectivity index (χ3n) is 4.81. The number of rotatable bonds is 6. The fraction of sp³-hybridized carbons (Fsp3) is 0.409. The van der Waals surface area contributed by atoms with Crippen LogP contribution >= 0.6 is 0 Å². The number of amides is 1. The van der Waals surface area contributed by atoms with Crippen LogP contribution in [0.25, 0.3) is 0 Å². The van der Waals surface area contributed by atoms with Gasteiger partial charge in [-0.2, -0.15) is 0 Å². The molecule has 0 radical (unpaired) electrons. The van der Waals surface area contributed by atoms with E-state index in [9.17, 15) is 4.79 Å². The highest BCUT2D eigenvalue weighted by Gasteiger charge is 2.23. The van der Waals surface area contributed by atoms with Crippen LogP contribution in [0, 0.1) is 6.92 Å². The van der Waals surface area contributed by atoms with Gasteiger partial charge in [0.05, 0.1) is 13.2 Å². The number of carbonyl (C=O) groups excluding carboxylic acids is 1. The summed E-state index contributed by atoms with van der Waals surface area (Å²) in [6.07, 6.45) is 0. The van der Waals surface area contributed by atoms with E-state index in [1.165, 1.54) is 11.3 Å². The van der Waals surface area contributed by atoms with Crippen LogP contribution < -0.4 is 14.4 Å². The van der Waals surface area contributed by atoms with Crippen LogP contribution in [0.2, 0.25) is 0 Å². The summed E-state index contributed by atoms with van der Waals surface area (Å²) < 4.78 is 11.2. The van der Waals surface area contributed by atoms with Gasteiger partial charge in [0.15, 0.2) is 11.5 Å². The molecule has 0 N–H and O–H groups in total. The minimum atomic E-state index is 0.0448. The van der Waals surface area contributed by atoms with Crippen LogP contribution in [0.4, 0.5) is 5.69 Å². The van der Waals surface area contributed by atoms with Gasteiger partial charge in [0.1, 0.15) is 0 Å². The summed E-state index contributed by atoms with van der Waals surface area (Å²) in [5, 5.41) is 0. The average Bonchev–Trinajstić information content (AvgIpc) is 2.70. The summed E-state index contributed by atoms with van der Waals surface area (Å²) in [6, 6.07) is 13.8. The van der Waals surface area contributed by atoms with Crippen molar-refractivity contribution in [1.29, 1.82) is 0 Å². The molecule has 0 unspecified atom stereocenters. The second-order valence-electron chi connectivity index (χ2n) is 6.59. The molecule has 0 saturated carbocycles. The number of piperazine rings is 1. The Morgan fingerprint density at radius 1 is 0.926 bits per heavy atom. The summed E-state index contributed by atoms with van der Waals surface area (Å²) in [5.41, 5.74) is 3.17. The molecule has 0 atom stereocenters. The highest BCUT2D eigenvalue weighted by atomic mass is 16.5. The van der Waals surface area contributed by atoms with E-state index in [0.29, 0.717) is 43.4 Å². The molecule has 3 rings (SSSR count). The lowest BCUT2D eigenvalue weighted by Crippen LogP contribution is -2.49. The van der Waals surface area contributed by atoms with Crippen molar-refractivity contribution in [2.75, 3.05) is 44.3 Å². The van der Waals surface area contributed by atoms with Crippen LogP contribution in [-0.4, -0.2) is 50.2 Å². The van der Waals surface area contributed by atoms with Gasteiger partial charge in [-0.15, -0.1) is 0 Å². The first-order valence-electron chi connectivity index (χ1n) is 9.63. The van der Waals surface area contributed by atoms with Gasteiger partial charge in [-0.05, 0) is 50.6 Å². The molecule has 0 aromatic heterocycles. The van der Waals surface area contributed by atoms with Gasteiger partial charge in [0.2, 0.25) is 0 Å². The van der Waals surface area contributed by atoms with E-state index in [0.717, 1.165) is 13.1 Å². The molecular weight excluding hydrogens is 340 g/mol.